The zero-order valence-corrected chi connectivity index (χ0v) is 18.7. The van der Waals surface area contributed by atoms with Crippen molar-refractivity contribution >= 4 is 61.2 Å². The molecule has 4 rings (SSSR count). The zero-order valence-electron chi connectivity index (χ0n) is 16.3. The SMILES string of the molecule is CCCOC(=O)c1c(NC(=O)c2sc3ccccc3c2Cl)sc2c1CC[C@@H](C)C2. The third-order valence-corrected chi connectivity index (χ3v) is 7.97. The molecule has 0 fully saturated rings. The number of hydrogen-bond acceptors (Lipinski definition) is 5. The molecule has 0 aliphatic heterocycles. The van der Waals surface area contributed by atoms with E-state index in [0.29, 0.717) is 33.0 Å². The minimum absolute atomic E-state index is 0.285. The lowest BCUT2D eigenvalue weighted by Gasteiger charge is -2.18. The average molecular weight is 448 g/mol. The Hall–Kier alpha value is -1.89. The molecule has 1 amide bonds. The van der Waals surface area contributed by atoms with Crippen molar-refractivity contribution in [2.75, 3.05) is 11.9 Å². The van der Waals surface area contributed by atoms with Gasteiger partial charge in [-0.25, -0.2) is 4.79 Å². The third kappa shape index (κ3) is 3.93. The van der Waals surface area contributed by atoms with E-state index in [-0.39, 0.29) is 11.9 Å². The van der Waals surface area contributed by atoms with E-state index in [1.165, 1.54) is 27.6 Å². The fourth-order valence-electron chi connectivity index (χ4n) is 3.64. The number of ether oxygens (including phenoxy) is 1. The largest absolute Gasteiger partial charge is 0.462 e. The van der Waals surface area contributed by atoms with Crippen LogP contribution in [-0.4, -0.2) is 18.5 Å². The maximum Gasteiger partial charge on any atom is 0.341 e. The number of fused-ring (bicyclic) bond motifs is 2. The summed E-state index contributed by atoms with van der Waals surface area (Å²) in [6.07, 6.45) is 3.55. The molecule has 0 bridgehead atoms. The van der Waals surface area contributed by atoms with Crippen LogP contribution in [0, 0.1) is 5.92 Å². The van der Waals surface area contributed by atoms with Gasteiger partial charge in [-0.05, 0) is 43.2 Å². The number of rotatable bonds is 5. The van der Waals surface area contributed by atoms with Gasteiger partial charge in [-0.15, -0.1) is 22.7 Å². The van der Waals surface area contributed by atoms with Gasteiger partial charge in [-0.1, -0.05) is 43.6 Å². The van der Waals surface area contributed by atoms with Crippen molar-refractivity contribution in [2.24, 2.45) is 5.92 Å². The second-order valence-corrected chi connectivity index (χ2v) is 9.92. The van der Waals surface area contributed by atoms with Gasteiger partial charge < -0.3 is 10.1 Å². The zero-order chi connectivity index (χ0) is 20.5. The summed E-state index contributed by atoms with van der Waals surface area (Å²) in [5.74, 6) is -0.0646. The molecule has 1 N–H and O–H groups in total. The molecule has 152 valence electrons. The van der Waals surface area contributed by atoms with E-state index in [4.69, 9.17) is 16.3 Å². The highest BCUT2D eigenvalue weighted by Crippen LogP contribution is 2.41. The van der Waals surface area contributed by atoms with Crippen LogP contribution in [0.25, 0.3) is 10.1 Å². The van der Waals surface area contributed by atoms with E-state index < -0.39 is 0 Å². The lowest BCUT2D eigenvalue weighted by molar-refractivity contribution is 0.0505. The highest BCUT2D eigenvalue weighted by atomic mass is 35.5. The molecule has 4 nitrogen and oxygen atoms in total. The molecular formula is C22H22ClNO3S2. The van der Waals surface area contributed by atoms with Crippen LogP contribution < -0.4 is 5.32 Å². The van der Waals surface area contributed by atoms with Crippen molar-refractivity contribution in [1.82, 2.24) is 0 Å². The molecule has 0 unspecified atom stereocenters. The van der Waals surface area contributed by atoms with Crippen molar-refractivity contribution in [3.63, 3.8) is 0 Å². The number of nitrogens with one attached hydrogen (secondary N) is 1. The van der Waals surface area contributed by atoms with Crippen molar-refractivity contribution < 1.29 is 14.3 Å². The Morgan fingerprint density at radius 2 is 2.07 bits per heavy atom. The summed E-state index contributed by atoms with van der Waals surface area (Å²) in [5.41, 5.74) is 1.56. The van der Waals surface area contributed by atoms with Crippen molar-refractivity contribution in [2.45, 2.75) is 39.5 Å². The topological polar surface area (TPSA) is 55.4 Å². The fraction of sp³-hybridized carbons (Fsp3) is 0.364. The molecule has 1 atom stereocenters. The molecule has 1 aliphatic carbocycles. The summed E-state index contributed by atoms with van der Waals surface area (Å²) in [4.78, 5) is 27.4. The van der Waals surface area contributed by atoms with E-state index in [1.807, 2.05) is 31.2 Å². The molecule has 0 spiro atoms. The van der Waals surface area contributed by atoms with Crippen LogP contribution in [0.1, 0.15) is 57.2 Å². The lowest BCUT2D eigenvalue weighted by atomic mass is 9.88. The number of carbonyl (C=O) groups excluding carboxylic acids is 2. The van der Waals surface area contributed by atoms with Crippen LogP contribution in [0.2, 0.25) is 5.02 Å². The molecule has 2 heterocycles. The smallest absolute Gasteiger partial charge is 0.341 e. The molecule has 0 radical (unpaired) electrons. The first-order valence-electron chi connectivity index (χ1n) is 9.79. The maximum absolute atomic E-state index is 13.0. The predicted octanol–water partition coefficient (Wildman–Crippen LogP) is 6.56. The van der Waals surface area contributed by atoms with Crippen LogP contribution >= 0.6 is 34.3 Å². The third-order valence-electron chi connectivity index (χ3n) is 5.12. The average Bonchev–Trinajstić information content (AvgIpc) is 3.23. The first kappa shape index (κ1) is 20.4. The van der Waals surface area contributed by atoms with Gasteiger partial charge in [0.05, 0.1) is 17.2 Å². The minimum atomic E-state index is -0.350. The Kier molecular flexibility index (Phi) is 5.95. The molecule has 1 aromatic carbocycles. The van der Waals surface area contributed by atoms with Crippen molar-refractivity contribution in [1.29, 1.82) is 0 Å². The summed E-state index contributed by atoms with van der Waals surface area (Å²) in [6, 6.07) is 7.68. The number of anilines is 1. The summed E-state index contributed by atoms with van der Waals surface area (Å²) in [5, 5.41) is 4.85. The van der Waals surface area contributed by atoms with Crippen LogP contribution in [0.3, 0.4) is 0 Å². The van der Waals surface area contributed by atoms with Gasteiger partial charge in [0.1, 0.15) is 9.88 Å². The molecular weight excluding hydrogens is 426 g/mol. The van der Waals surface area contributed by atoms with Crippen LogP contribution in [-0.2, 0) is 17.6 Å². The number of amides is 1. The Bertz CT molecular complexity index is 1090. The van der Waals surface area contributed by atoms with Crippen molar-refractivity contribution in [3.8, 4) is 0 Å². The maximum atomic E-state index is 13.0. The minimum Gasteiger partial charge on any atom is -0.462 e. The van der Waals surface area contributed by atoms with Gasteiger partial charge in [0.15, 0.2) is 0 Å². The van der Waals surface area contributed by atoms with Gasteiger partial charge >= 0.3 is 5.97 Å². The van der Waals surface area contributed by atoms with E-state index in [0.717, 1.165) is 41.3 Å². The highest BCUT2D eigenvalue weighted by molar-refractivity contribution is 7.22. The van der Waals surface area contributed by atoms with E-state index in [1.54, 1.807) is 0 Å². The molecule has 3 aromatic rings. The van der Waals surface area contributed by atoms with E-state index >= 15 is 0 Å². The van der Waals surface area contributed by atoms with Gasteiger partial charge in [-0.3, -0.25) is 4.79 Å². The molecule has 2 aromatic heterocycles. The Morgan fingerprint density at radius 1 is 1.28 bits per heavy atom. The van der Waals surface area contributed by atoms with E-state index in [2.05, 4.69) is 12.2 Å². The number of esters is 1. The summed E-state index contributed by atoms with van der Waals surface area (Å²) in [6.45, 7) is 4.55. The number of hydrogen-bond donors (Lipinski definition) is 1. The normalized spacial score (nSPS) is 15.9. The van der Waals surface area contributed by atoms with Gasteiger partial charge in [0.25, 0.3) is 5.91 Å². The molecule has 7 heteroatoms. The standard InChI is InChI=1S/C22H22ClNO3S2/c1-3-10-27-22(26)17-13-9-8-12(2)11-16(13)29-21(17)24-20(25)19-18(23)14-6-4-5-7-15(14)28-19/h4-7,12H,3,8-11H2,1-2H3,(H,24,25)/t12-/m1/s1. The fourth-order valence-corrected chi connectivity index (χ4v) is 6.45. The number of benzene rings is 1. The molecule has 0 saturated carbocycles. The molecule has 1 aliphatic rings. The first-order valence-corrected chi connectivity index (χ1v) is 11.8. The Labute approximate surface area is 182 Å². The second kappa shape index (κ2) is 8.46. The first-order chi connectivity index (χ1) is 14.0. The molecule has 0 saturated heterocycles. The van der Waals surface area contributed by atoms with Gasteiger partial charge in [-0.2, -0.15) is 0 Å². The highest BCUT2D eigenvalue weighted by Gasteiger charge is 2.30. The number of thiophene rings is 2. The van der Waals surface area contributed by atoms with Gasteiger partial charge in [0.2, 0.25) is 0 Å². The monoisotopic (exact) mass is 447 g/mol. The summed E-state index contributed by atoms with van der Waals surface area (Å²) >= 11 is 9.32. The van der Waals surface area contributed by atoms with Crippen LogP contribution in [0.5, 0.6) is 0 Å². The number of halogens is 1. The van der Waals surface area contributed by atoms with Crippen LogP contribution in [0.15, 0.2) is 24.3 Å². The van der Waals surface area contributed by atoms with Crippen LogP contribution in [0.4, 0.5) is 5.00 Å². The predicted molar refractivity (Wildman–Crippen MR) is 121 cm³/mol. The number of carbonyl (C=O) groups is 2. The Balaban J connectivity index is 1.69. The lowest BCUT2D eigenvalue weighted by Crippen LogP contribution is -2.16. The second-order valence-electron chi connectivity index (χ2n) is 7.39. The van der Waals surface area contributed by atoms with Crippen molar-refractivity contribution in [3.05, 3.63) is 50.2 Å². The summed E-state index contributed by atoms with van der Waals surface area (Å²) in [7, 11) is 0. The summed E-state index contributed by atoms with van der Waals surface area (Å²) < 4.78 is 6.38. The van der Waals surface area contributed by atoms with Gasteiger partial charge in [0, 0.05) is 15.0 Å². The Morgan fingerprint density at radius 3 is 2.83 bits per heavy atom. The van der Waals surface area contributed by atoms with E-state index in [9.17, 15) is 9.59 Å². The quantitative estimate of drug-likeness (QED) is 0.450. The molecule has 29 heavy (non-hydrogen) atoms.